The highest BCUT2D eigenvalue weighted by atomic mass is 15.1. The summed E-state index contributed by atoms with van der Waals surface area (Å²) in [5.74, 6) is 0.894. The third-order valence-electron chi connectivity index (χ3n) is 3.86. The largest absolute Gasteiger partial charge is 0.325 e. The molecular formula is C11H22N2. The summed E-state index contributed by atoms with van der Waals surface area (Å²) in [6.07, 6.45) is 6.57. The monoisotopic (exact) mass is 182 g/mol. The molecule has 0 aromatic heterocycles. The van der Waals surface area contributed by atoms with E-state index in [2.05, 4.69) is 11.8 Å². The lowest BCUT2D eigenvalue weighted by Crippen LogP contribution is -2.48. The Kier molecular flexibility index (Phi) is 2.61. The molecule has 1 aliphatic heterocycles. The fourth-order valence-corrected chi connectivity index (χ4v) is 2.78. The van der Waals surface area contributed by atoms with Gasteiger partial charge in [0.15, 0.2) is 0 Å². The predicted molar refractivity (Wildman–Crippen MR) is 55.6 cm³/mol. The number of rotatable bonds is 3. The van der Waals surface area contributed by atoms with Gasteiger partial charge in [-0.1, -0.05) is 6.92 Å². The van der Waals surface area contributed by atoms with E-state index in [1.165, 1.54) is 51.7 Å². The summed E-state index contributed by atoms with van der Waals surface area (Å²) in [5.41, 5.74) is 6.50. The van der Waals surface area contributed by atoms with Crippen molar-refractivity contribution in [3.05, 3.63) is 0 Å². The third kappa shape index (κ3) is 2.05. The lowest BCUT2D eigenvalue weighted by molar-refractivity contribution is 0.194. The van der Waals surface area contributed by atoms with E-state index in [9.17, 15) is 0 Å². The van der Waals surface area contributed by atoms with Crippen LogP contribution in [0.5, 0.6) is 0 Å². The Hall–Kier alpha value is -0.0800. The van der Waals surface area contributed by atoms with Gasteiger partial charge in [0, 0.05) is 12.1 Å². The number of nitrogens with two attached hydrogens (primary N) is 1. The van der Waals surface area contributed by atoms with E-state index in [-0.39, 0.29) is 5.54 Å². The van der Waals surface area contributed by atoms with Crippen molar-refractivity contribution in [3.8, 4) is 0 Å². The van der Waals surface area contributed by atoms with Gasteiger partial charge >= 0.3 is 0 Å². The van der Waals surface area contributed by atoms with E-state index in [1.54, 1.807) is 0 Å². The summed E-state index contributed by atoms with van der Waals surface area (Å²) in [6.45, 7) is 6.07. The second-order valence-electron chi connectivity index (χ2n) is 4.97. The number of likely N-dealkylation sites (tertiary alicyclic amines) is 1. The van der Waals surface area contributed by atoms with Gasteiger partial charge in [-0.25, -0.2) is 0 Å². The average Bonchev–Trinajstić information content (AvgIpc) is 2.49. The van der Waals surface area contributed by atoms with Crippen molar-refractivity contribution in [2.24, 2.45) is 11.7 Å². The summed E-state index contributed by atoms with van der Waals surface area (Å²) in [7, 11) is 0. The Bertz CT molecular complexity index is 175. The second kappa shape index (κ2) is 3.58. The van der Waals surface area contributed by atoms with Crippen LogP contribution < -0.4 is 5.73 Å². The molecule has 1 aliphatic carbocycles. The van der Waals surface area contributed by atoms with Gasteiger partial charge in [0.05, 0.1) is 0 Å². The van der Waals surface area contributed by atoms with Gasteiger partial charge in [-0.15, -0.1) is 0 Å². The van der Waals surface area contributed by atoms with Crippen LogP contribution in [0.1, 0.15) is 39.0 Å². The first-order valence-corrected chi connectivity index (χ1v) is 5.73. The smallest absolute Gasteiger partial charge is 0.0157 e. The zero-order chi connectivity index (χ0) is 9.31. The fourth-order valence-electron chi connectivity index (χ4n) is 2.78. The van der Waals surface area contributed by atoms with Crippen molar-refractivity contribution in [1.29, 1.82) is 0 Å². The fraction of sp³-hybridized carbons (Fsp3) is 1.00. The highest BCUT2D eigenvalue weighted by Crippen LogP contribution is 2.37. The molecule has 0 aromatic carbocycles. The van der Waals surface area contributed by atoms with E-state index in [0.29, 0.717) is 0 Å². The first kappa shape index (κ1) is 9.47. The molecule has 1 saturated carbocycles. The van der Waals surface area contributed by atoms with E-state index in [0.717, 1.165) is 5.92 Å². The Morgan fingerprint density at radius 1 is 1.46 bits per heavy atom. The van der Waals surface area contributed by atoms with Gasteiger partial charge in [0.25, 0.3) is 0 Å². The molecule has 2 fully saturated rings. The zero-order valence-corrected chi connectivity index (χ0v) is 8.76. The van der Waals surface area contributed by atoms with Crippen molar-refractivity contribution < 1.29 is 0 Å². The predicted octanol–water partition coefficient (Wildman–Crippen LogP) is 1.60. The van der Waals surface area contributed by atoms with Crippen LogP contribution in [0, 0.1) is 5.92 Å². The molecule has 1 saturated heterocycles. The Balaban J connectivity index is 1.77. The summed E-state index contributed by atoms with van der Waals surface area (Å²) < 4.78 is 0. The molecule has 0 radical (unpaired) electrons. The van der Waals surface area contributed by atoms with Crippen LogP contribution in [-0.4, -0.2) is 30.1 Å². The average molecular weight is 182 g/mol. The second-order valence-corrected chi connectivity index (χ2v) is 4.97. The maximum atomic E-state index is 6.25. The van der Waals surface area contributed by atoms with Crippen LogP contribution in [0.4, 0.5) is 0 Å². The summed E-state index contributed by atoms with van der Waals surface area (Å²) in [6, 6.07) is 0. The molecule has 2 nitrogen and oxygen atoms in total. The topological polar surface area (TPSA) is 29.3 Å². The molecule has 13 heavy (non-hydrogen) atoms. The molecular weight excluding hydrogens is 160 g/mol. The van der Waals surface area contributed by atoms with Crippen molar-refractivity contribution in [3.63, 3.8) is 0 Å². The quantitative estimate of drug-likeness (QED) is 0.718. The van der Waals surface area contributed by atoms with Crippen molar-refractivity contribution in [2.45, 2.75) is 44.6 Å². The van der Waals surface area contributed by atoms with Gasteiger partial charge in [0.1, 0.15) is 0 Å². The van der Waals surface area contributed by atoms with E-state index in [1.807, 2.05) is 0 Å². The zero-order valence-electron chi connectivity index (χ0n) is 8.76. The minimum absolute atomic E-state index is 0.244. The minimum Gasteiger partial charge on any atom is -0.325 e. The van der Waals surface area contributed by atoms with Gasteiger partial charge < -0.3 is 10.6 Å². The first-order valence-electron chi connectivity index (χ1n) is 5.73. The number of nitrogens with zero attached hydrogens (tertiary/aromatic N) is 1. The molecule has 0 spiro atoms. The van der Waals surface area contributed by atoms with Gasteiger partial charge in [-0.2, -0.15) is 0 Å². The Morgan fingerprint density at radius 2 is 2.23 bits per heavy atom. The summed E-state index contributed by atoms with van der Waals surface area (Å²) in [5, 5.41) is 0. The van der Waals surface area contributed by atoms with Crippen LogP contribution in [0.2, 0.25) is 0 Å². The van der Waals surface area contributed by atoms with Crippen molar-refractivity contribution >= 4 is 0 Å². The van der Waals surface area contributed by atoms with Crippen LogP contribution >= 0.6 is 0 Å². The van der Waals surface area contributed by atoms with Crippen LogP contribution in [0.25, 0.3) is 0 Å². The van der Waals surface area contributed by atoms with Crippen LogP contribution in [0.3, 0.4) is 0 Å². The molecule has 0 bridgehead atoms. The molecule has 0 aromatic rings. The molecule has 1 atom stereocenters. The van der Waals surface area contributed by atoms with Crippen molar-refractivity contribution in [1.82, 2.24) is 4.90 Å². The first-order chi connectivity index (χ1) is 6.22. The highest BCUT2D eigenvalue weighted by Gasteiger charge is 2.36. The minimum atomic E-state index is 0.244. The lowest BCUT2D eigenvalue weighted by atomic mass is 9.72. The summed E-state index contributed by atoms with van der Waals surface area (Å²) >= 11 is 0. The highest BCUT2D eigenvalue weighted by molar-refractivity contribution is 4.95. The molecule has 1 heterocycles. The number of hydrogen-bond acceptors (Lipinski definition) is 2. The Morgan fingerprint density at radius 3 is 2.69 bits per heavy atom. The van der Waals surface area contributed by atoms with E-state index >= 15 is 0 Å². The molecule has 2 heteroatoms. The number of hydrogen-bond donors (Lipinski definition) is 1. The maximum Gasteiger partial charge on any atom is 0.0157 e. The van der Waals surface area contributed by atoms with E-state index in [4.69, 9.17) is 5.73 Å². The molecule has 76 valence electrons. The molecule has 2 rings (SSSR count). The molecule has 2 aliphatic rings. The SMILES string of the molecule is CCN1CCC(CC2(N)CCC2)C1. The molecule has 2 N–H and O–H groups in total. The standard InChI is InChI=1S/C11H22N2/c1-2-13-7-4-10(9-13)8-11(12)5-3-6-11/h10H,2-9,12H2,1H3. The molecule has 0 amide bonds. The van der Waals surface area contributed by atoms with Crippen LogP contribution in [-0.2, 0) is 0 Å². The van der Waals surface area contributed by atoms with Gasteiger partial charge in [-0.3, -0.25) is 0 Å². The summed E-state index contributed by atoms with van der Waals surface area (Å²) in [4.78, 5) is 2.55. The van der Waals surface area contributed by atoms with Gasteiger partial charge in [0.2, 0.25) is 0 Å². The Labute approximate surface area is 81.5 Å². The van der Waals surface area contributed by atoms with Crippen LogP contribution in [0.15, 0.2) is 0 Å². The molecule has 1 unspecified atom stereocenters. The normalized spacial score (nSPS) is 33.2. The van der Waals surface area contributed by atoms with Crippen molar-refractivity contribution in [2.75, 3.05) is 19.6 Å². The lowest BCUT2D eigenvalue weighted by Gasteiger charge is -2.40. The third-order valence-corrected chi connectivity index (χ3v) is 3.86. The van der Waals surface area contributed by atoms with Gasteiger partial charge in [-0.05, 0) is 51.1 Å². The maximum absolute atomic E-state index is 6.25. The van der Waals surface area contributed by atoms with E-state index < -0.39 is 0 Å².